The number of carbonyl (C=O) groups excluding carboxylic acids is 2. The van der Waals surface area contributed by atoms with Gasteiger partial charge in [-0.05, 0) is 32.0 Å². The van der Waals surface area contributed by atoms with Gasteiger partial charge in [0.2, 0.25) is 0 Å². The average Bonchev–Trinajstić information content (AvgIpc) is 2.59. The maximum Gasteiger partial charge on any atom is 0.338 e. The van der Waals surface area contributed by atoms with Crippen LogP contribution in [0.25, 0.3) is 0 Å². The van der Waals surface area contributed by atoms with E-state index in [0.29, 0.717) is 37.7 Å². The van der Waals surface area contributed by atoms with Gasteiger partial charge < -0.3 is 24.3 Å². The number of nitrogens with one attached hydrogen (secondary N) is 1. The largest absolute Gasteiger partial charge is 0.496 e. The van der Waals surface area contributed by atoms with Crippen LogP contribution in [-0.4, -0.2) is 52.0 Å². The minimum Gasteiger partial charge on any atom is -0.496 e. The number of carbonyl (C=O) groups is 2. The van der Waals surface area contributed by atoms with Crippen molar-refractivity contribution in [2.24, 2.45) is 0 Å². The maximum absolute atomic E-state index is 12.2. The summed E-state index contributed by atoms with van der Waals surface area (Å²) in [6.07, 6.45) is -0.896. The van der Waals surface area contributed by atoms with E-state index in [-0.39, 0.29) is 5.91 Å². The van der Waals surface area contributed by atoms with Crippen molar-refractivity contribution in [3.05, 3.63) is 29.3 Å². The second-order valence-corrected chi connectivity index (χ2v) is 5.00. The number of rotatable bonds is 10. The Bertz CT molecular complexity index is 546. The van der Waals surface area contributed by atoms with Crippen LogP contribution in [0.4, 0.5) is 0 Å². The van der Waals surface area contributed by atoms with Crippen molar-refractivity contribution in [1.29, 1.82) is 0 Å². The highest BCUT2D eigenvalue weighted by Crippen LogP contribution is 2.21. The summed E-state index contributed by atoms with van der Waals surface area (Å²) in [5, 5.41) is 2.62. The molecule has 7 heteroatoms. The minimum absolute atomic E-state index is 0.327. The quantitative estimate of drug-likeness (QED) is 0.514. The summed E-state index contributed by atoms with van der Waals surface area (Å²) in [7, 11) is 3.09. The molecule has 1 atom stereocenters. The number of hydrogen-bond acceptors (Lipinski definition) is 6. The fourth-order valence-corrected chi connectivity index (χ4v) is 1.93. The first-order valence-corrected chi connectivity index (χ1v) is 7.75. The van der Waals surface area contributed by atoms with Gasteiger partial charge in [-0.3, -0.25) is 4.79 Å². The SMILES string of the molecule is CCOCc1cc(C(=O)O[C@H](C)C(=O)NCCOC)ccc1OC. The highest BCUT2D eigenvalue weighted by molar-refractivity contribution is 5.92. The second kappa shape index (κ2) is 10.6. The number of amides is 1. The van der Waals surface area contributed by atoms with E-state index >= 15 is 0 Å². The molecule has 0 bridgehead atoms. The summed E-state index contributed by atoms with van der Waals surface area (Å²) in [4.78, 5) is 24.0. The zero-order valence-electron chi connectivity index (χ0n) is 14.6. The van der Waals surface area contributed by atoms with Crippen LogP contribution in [0.3, 0.4) is 0 Å². The Morgan fingerprint density at radius 2 is 2.00 bits per heavy atom. The smallest absolute Gasteiger partial charge is 0.338 e. The number of benzene rings is 1. The van der Waals surface area contributed by atoms with E-state index in [9.17, 15) is 9.59 Å². The van der Waals surface area contributed by atoms with E-state index in [4.69, 9.17) is 18.9 Å². The van der Waals surface area contributed by atoms with E-state index in [1.165, 1.54) is 6.92 Å². The van der Waals surface area contributed by atoms with Crippen molar-refractivity contribution in [3.63, 3.8) is 0 Å². The molecule has 24 heavy (non-hydrogen) atoms. The molecule has 1 N–H and O–H groups in total. The molecule has 1 amide bonds. The lowest BCUT2D eigenvalue weighted by Gasteiger charge is -2.14. The van der Waals surface area contributed by atoms with Crippen molar-refractivity contribution in [3.8, 4) is 5.75 Å². The lowest BCUT2D eigenvalue weighted by atomic mass is 10.1. The second-order valence-electron chi connectivity index (χ2n) is 5.00. The summed E-state index contributed by atoms with van der Waals surface area (Å²) in [5.74, 6) is -0.321. The monoisotopic (exact) mass is 339 g/mol. The van der Waals surface area contributed by atoms with Crippen molar-refractivity contribution in [1.82, 2.24) is 5.32 Å². The lowest BCUT2D eigenvalue weighted by molar-refractivity contribution is -0.129. The lowest BCUT2D eigenvalue weighted by Crippen LogP contribution is -2.37. The number of esters is 1. The van der Waals surface area contributed by atoms with Crippen molar-refractivity contribution >= 4 is 11.9 Å². The van der Waals surface area contributed by atoms with Gasteiger partial charge in [0.25, 0.3) is 5.91 Å². The molecule has 0 saturated carbocycles. The van der Waals surface area contributed by atoms with Gasteiger partial charge in [-0.25, -0.2) is 4.79 Å². The first kappa shape index (κ1) is 19.9. The summed E-state index contributed by atoms with van der Waals surface area (Å²) >= 11 is 0. The number of methoxy groups -OCH3 is 2. The summed E-state index contributed by atoms with van der Waals surface area (Å²) in [5.41, 5.74) is 1.08. The molecule has 1 aromatic carbocycles. The zero-order chi connectivity index (χ0) is 17.9. The minimum atomic E-state index is -0.896. The molecule has 134 valence electrons. The third-order valence-corrected chi connectivity index (χ3v) is 3.24. The van der Waals surface area contributed by atoms with E-state index in [0.717, 1.165) is 5.56 Å². The molecule has 1 rings (SSSR count). The molecule has 0 aliphatic heterocycles. The van der Waals surface area contributed by atoms with Crippen molar-refractivity contribution in [2.75, 3.05) is 34.0 Å². The Hall–Kier alpha value is -2.12. The summed E-state index contributed by atoms with van der Waals surface area (Å²) < 4.78 is 20.6. The highest BCUT2D eigenvalue weighted by atomic mass is 16.5. The molecule has 7 nitrogen and oxygen atoms in total. The van der Waals surface area contributed by atoms with Crippen molar-refractivity contribution in [2.45, 2.75) is 26.6 Å². The molecule has 0 saturated heterocycles. The molecule has 0 heterocycles. The fourth-order valence-electron chi connectivity index (χ4n) is 1.93. The predicted molar refractivity (Wildman–Crippen MR) is 88.1 cm³/mol. The van der Waals surface area contributed by atoms with E-state index in [1.54, 1.807) is 32.4 Å². The predicted octanol–water partition coefficient (Wildman–Crippen LogP) is 1.54. The zero-order valence-corrected chi connectivity index (χ0v) is 14.6. The molecule has 0 radical (unpaired) electrons. The molecular formula is C17H25NO6. The Kier molecular flexibility index (Phi) is 8.81. The van der Waals surface area contributed by atoms with Gasteiger partial charge >= 0.3 is 5.97 Å². The standard InChI is InChI=1S/C17H25NO6/c1-5-23-11-14-10-13(6-7-15(14)22-4)17(20)24-12(2)16(19)18-8-9-21-3/h6-7,10,12H,5,8-9,11H2,1-4H3,(H,18,19)/t12-/m1/s1. The van der Waals surface area contributed by atoms with Crippen LogP contribution in [0, 0.1) is 0 Å². The molecule has 0 aromatic heterocycles. The first-order valence-electron chi connectivity index (χ1n) is 7.75. The normalized spacial score (nSPS) is 11.7. The first-order chi connectivity index (χ1) is 11.5. The molecule has 0 aliphatic carbocycles. The average molecular weight is 339 g/mol. The van der Waals surface area contributed by atoms with Gasteiger partial charge in [-0.15, -0.1) is 0 Å². The van der Waals surface area contributed by atoms with Gasteiger partial charge in [-0.2, -0.15) is 0 Å². The Morgan fingerprint density at radius 3 is 2.62 bits per heavy atom. The Labute approximate surface area is 142 Å². The summed E-state index contributed by atoms with van der Waals surface area (Å²) in [6, 6.07) is 4.91. The van der Waals surface area contributed by atoms with E-state index in [1.807, 2.05) is 6.92 Å². The van der Waals surface area contributed by atoms with Gasteiger partial charge in [0, 0.05) is 25.8 Å². The highest BCUT2D eigenvalue weighted by Gasteiger charge is 2.19. The van der Waals surface area contributed by atoms with Crippen LogP contribution >= 0.6 is 0 Å². The topological polar surface area (TPSA) is 83.1 Å². The van der Waals surface area contributed by atoms with Crippen LogP contribution in [0.5, 0.6) is 5.75 Å². The molecule has 0 spiro atoms. The fraction of sp³-hybridized carbons (Fsp3) is 0.529. The third-order valence-electron chi connectivity index (χ3n) is 3.24. The molecule has 0 unspecified atom stereocenters. The molecule has 0 fully saturated rings. The van der Waals surface area contributed by atoms with E-state index in [2.05, 4.69) is 5.32 Å². The van der Waals surface area contributed by atoms with Gasteiger partial charge in [0.05, 0.1) is 25.9 Å². The number of ether oxygens (including phenoxy) is 4. The molecule has 0 aliphatic rings. The van der Waals surface area contributed by atoms with Crippen LogP contribution < -0.4 is 10.1 Å². The van der Waals surface area contributed by atoms with Crippen LogP contribution in [0.15, 0.2) is 18.2 Å². The van der Waals surface area contributed by atoms with Gasteiger partial charge in [-0.1, -0.05) is 0 Å². The Morgan fingerprint density at radius 1 is 1.25 bits per heavy atom. The van der Waals surface area contributed by atoms with Crippen LogP contribution in [0.1, 0.15) is 29.8 Å². The third kappa shape index (κ3) is 6.17. The van der Waals surface area contributed by atoms with Gasteiger partial charge in [0.1, 0.15) is 5.75 Å². The van der Waals surface area contributed by atoms with E-state index < -0.39 is 12.1 Å². The van der Waals surface area contributed by atoms with Crippen LogP contribution in [0.2, 0.25) is 0 Å². The molecule has 1 aromatic rings. The maximum atomic E-state index is 12.2. The van der Waals surface area contributed by atoms with Gasteiger partial charge in [0.15, 0.2) is 6.10 Å². The Balaban J connectivity index is 2.71. The van der Waals surface area contributed by atoms with Crippen LogP contribution in [-0.2, 0) is 25.6 Å². The summed E-state index contributed by atoms with van der Waals surface area (Å²) in [6.45, 7) is 5.04. The number of hydrogen-bond donors (Lipinski definition) is 1. The van der Waals surface area contributed by atoms with Crippen molar-refractivity contribution < 1.29 is 28.5 Å². The molecular weight excluding hydrogens is 314 g/mol.